The molecular weight excluding hydrogens is 250 g/mol. The second-order valence-corrected chi connectivity index (χ2v) is 4.71. The van der Waals surface area contributed by atoms with Gasteiger partial charge in [0.2, 0.25) is 0 Å². The summed E-state index contributed by atoms with van der Waals surface area (Å²) in [5.41, 5.74) is 3.89. The van der Waals surface area contributed by atoms with Gasteiger partial charge in [-0.25, -0.2) is 9.78 Å². The van der Waals surface area contributed by atoms with Crippen molar-refractivity contribution in [3.8, 4) is 0 Å². The van der Waals surface area contributed by atoms with E-state index in [1.165, 1.54) is 6.20 Å². The van der Waals surface area contributed by atoms with Crippen LogP contribution in [0.2, 0.25) is 0 Å². The van der Waals surface area contributed by atoms with Crippen molar-refractivity contribution in [3.63, 3.8) is 0 Å². The van der Waals surface area contributed by atoms with Gasteiger partial charge >= 0.3 is 5.97 Å². The van der Waals surface area contributed by atoms with Crippen molar-refractivity contribution >= 4 is 17.3 Å². The summed E-state index contributed by atoms with van der Waals surface area (Å²) < 4.78 is 0. The molecule has 6 heteroatoms. The first kappa shape index (κ1) is 12.7. The predicted molar refractivity (Wildman–Crippen MR) is 68.5 cm³/mol. The zero-order valence-corrected chi connectivity index (χ0v) is 10.7. The van der Waals surface area contributed by atoms with Crippen molar-refractivity contribution in [1.29, 1.82) is 0 Å². The molecule has 5 nitrogen and oxygen atoms in total. The monoisotopic (exact) mass is 263 g/mol. The first-order chi connectivity index (χ1) is 8.65. The summed E-state index contributed by atoms with van der Waals surface area (Å²) >= 11 is 1.57. The highest BCUT2D eigenvalue weighted by Gasteiger charge is 2.06. The van der Waals surface area contributed by atoms with Crippen molar-refractivity contribution in [2.24, 2.45) is 0 Å². The van der Waals surface area contributed by atoms with Crippen molar-refractivity contribution in [3.05, 3.63) is 46.2 Å². The molecule has 0 aliphatic heterocycles. The zero-order valence-electron chi connectivity index (χ0n) is 9.91. The Hall–Kier alpha value is -1.79. The third-order valence-electron chi connectivity index (χ3n) is 2.42. The third-order valence-corrected chi connectivity index (χ3v) is 3.05. The molecule has 0 aliphatic rings. The Morgan fingerprint density at radius 2 is 2.11 bits per heavy atom. The van der Waals surface area contributed by atoms with Crippen molar-refractivity contribution in [2.75, 3.05) is 7.05 Å². The first-order valence-corrected chi connectivity index (χ1v) is 6.33. The van der Waals surface area contributed by atoms with Gasteiger partial charge in [0, 0.05) is 24.7 Å². The highest BCUT2D eigenvalue weighted by Crippen LogP contribution is 2.07. The van der Waals surface area contributed by atoms with Crippen molar-refractivity contribution in [2.45, 2.75) is 13.1 Å². The molecule has 0 atom stereocenters. The van der Waals surface area contributed by atoms with E-state index in [0.29, 0.717) is 6.54 Å². The Morgan fingerprint density at radius 1 is 1.33 bits per heavy atom. The lowest BCUT2D eigenvalue weighted by atomic mass is 10.2. The van der Waals surface area contributed by atoms with Gasteiger partial charge in [-0.15, -0.1) is 11.3 Å². The molecule has 2 heterocycles. The third kappa shape index (κ3) is 3.35. The van der Waals surface area contributed by atoms with E-state index in [1.807, 2.05) is 17.9 Å². The fourth-order valence-corrected chi connectivity index (χ4v) is 2.12. The SMILES string of the molecule is CN(Cc1ccc(C(=O)O)cn1)Cc1cscn1. The molecule has 0 spiro atoms. The molecule has 0 unspecified atom stereocenters. The Balaban J connectivity index is 1.94. The zero-order chi connectivity index (χ0) is 13.0. The lowest BCUT2D eigenvalue weighted by molar-refractivity contribution is 0.0696. The van der Waals surface area contributed by atoms with E-state index < -0.39 is 5.97 Å². The van der Waals surface area contributed by atoms with Gasteiger partial charge in [0.05, 0.1) is 22.5 Å². The van der Waals surface area contributed by atoms with Crippen LogP contribution in [-0.4, -0.2) is 33.0 Å². The second kappa shape index (κ2) is 5.70. The normalized spacial score (nSPS) is 10.8. The fourth-order valence-electron chi connectivity index (χ4n) is 1.57. The molecule has 18 heavy (non-hydrogen) atoms. The minimum Gasteiger partial charge on any atom is -0.478 e. The molecular formula is C12H13N3O2S. The van der Waals surface area contributed by atoms with E-state index in [1.54, 1.807) is 23.5 Å². The van der Waals surface area contributed by atoms with E-state index in [4.69, 9.17) is 5.11 Å². The molecule has 0 radical (unpaired) electrons. The fraction of sp³-hybridized carbons (Fsp3) is 0.250. The molecule has 0 fully saturated rings. The molecule has 1 N–H and O–H groups in total. The molecule has 0 aliphatic carbocycles. The summed E-state index contributed by atoms with van der Waals surface area (Å²) in [5.74, 6) is -0.954. The van der Waals surface area contributed by atoms with E-state index in [2.05, 4.69) is 14.9 Å². The summed E-state index contributed by atoms with van der Waals surface area (Å²) in [6.45, 7) is 1.42. The number of carbonyl (C=O) groups is 1. The number of carboxylic acids is 1. The molecule has 2 aromatic heterocycles. The van der Waals surface area contributed by atoms with Crippen LogP contribution < -0.4 is 0 Å². The van der Waals surface area contributed by atoms with Crippen molar-refractivity contribution in [1.82, 2.24) is 14.9 Å². The van der Waals surface area contributed by atoms with Crippen molar-refractivity contribution < 1.29 is 9.90 Å². The lowest BCUT2D eigenvalue weighted by Gasteiger charge is -2.14. The summed E-state index contributed by atoms with van der Waals surface area (Å²) in [5, 5.41) is 10.8. The highest BCUT2D eigenvalue weighted by molar-refractivity contribution is 7.07. The van der Waals surface area contributed by atoms with Crippen LogP contribution in [0, 0.1) is 0 Å². The molecule has 0 saturated carbocycles. The van der Waals surface area contributed by atoms with Gasteiger partial charge in [0.15, 0.2) is 0 Å². The maximum Gasteiger partial charge on any atom is 0.337 e. The number of aromatic carboxylic acids is 1. The van der Waals surface area contributed by atoms with Gasteiger partial charge in [0.1, 0.15) is 0 Å². The summed E-state index contributed by atoms with van der Waals surface area (Å²) in [4.78, 5) is 21.1. The molecule has 2 aromatic rings. The minimum atomic E-state index is -0.954. The summed E-state index contributed by atoms with van der Waals surface area (Å²) in [7, 11) is 1.98. The van der Waals surface area contributed by atoms with Crippen LogP contribution in [0.15, 0.2) is 29.2 Å². The molecule has 2 rings (SSSR count). The lowest BCUT2D eigenvalue weighted by Crippen LogP contribution is -2.18. The van der Waals surface area contributed by atoms with Crippen LogP contribution in [0.4, 0.5) is 0 Å². The summed E-state index contributed by atoms with van der Waals surface area (Å²) in [6, 6.07) is 3.31. The van der Waals surface area contributed by atoms with Crippen LogP contribution in [0.1, 0.15) is 21.7 Å². The quantitative estimate of drug-likeness (QED) is 0.892. The Labute approximate surface area is 109 Å². The number of aromatic nitrogens is 2. The molecule has 0 bridgehead atoms. The predicted octanol–water partition coefficient (Wildman–Crippen LogP) is 1.87. The van der Waals surface area contributed by atoms with E-state index in [9.17, 15) is 4.79 Å². The van der Waals surface area contributed by atoms with Crippen LogP contribution in [0.5, 0.6) is 0 Å². The van der Waals surface area contributed by atoms with Gasteiger partial charge in [-0.05, 0) is 19.2 Å². The maximum absolute atomic E-state index is 10.7. The van der Waals surface area contributed by atoms with Crippen LogP contribution in [-0.2, 0) is 13.1 Å². The number of pyridine rings is 1. The average Bonchev–Trinajstić information content (AvgIpc) is 2.82. The minimum absolute atomic E-state index is 0.209. The largest absolute Gasteiger partial charge is 0.478 e. The average molecular weight is 263 g/mol. The first-order valence-electron chi connectivity index (χ1n) is 5.39. The smallest absolute Gasteiger partial charge is 0.337 e. The van der Waals surface area contributed by atoms with Crippen LogP contribution in [0.25, 0.3) is 0 Å². The van der Waals surface area contributed by atoms with E-state index in [-0.39, 0.29) is 5.56 Å². The van der Waals surface area contributed by atoms with Crippen LogP contribution in [0.3, 0.4) is 0 Å². The Bertz CT molecular complexity index is 511. The maximum atomic E-state index is 10.7. The van der Waals surface area contributed by atoms with Gasteiger partial charge in [-0.2, -0.15) is 0 Å². The number of hydrogen-bond acceptors (Lipinski definition) is 5. The number of rotatable bonds is 5. The molecule has 94 valence electrons. The van der Waals surface area contributed by atoms with Gasteiger partial charge in [0.25, 0.3) is 0 Å². The van der Waals surface area contributed by atoms with Gasteiger partial charge in [-0.3, -0.25) is 9.88 Å². The standard InChI is InChI=1S/C12H13N3O2S/c1-15(6-11-7-18-8-14-11)5-10-3-2-9(4-13-10)12(16)17/h2-4,7-8H,5-6H2,1H3,(H,16,17). The number of hydrogen-bond donors (Lipinski definition) is 1. The van der Waals surface area contributed by atoms with Gasteiger partial charge in [-0.1, -0.05) is 0 Å². The molecule has 0 aromatic carbocycles. The second-order valence-electron chi connectivity index (χ2n) is 4.00. The number of thiazole rings is 1. The Morgan fingerprint density at radius 3 is 2.67 bits per heavy atom. The highest BCUT2D eigenvalue weighted by atomic mass is 32.1. The topological polar surface area (TPSA) is 66.3 Å². The Kier molecular flexibility index (Phi) is 4.01. The van der Waals surface area contributed by atoms with Gasteiger partial charge < -0.3 is 5.11 Å². The summed E-state index contributed by atoms with van der Waals surface area (Å²) in [6.07, 6.45) is 1.38. The molecule has 0 saturated heterocycles. The number of carboxylic acid groups (broad SMARTS) is 1. The van der Waals surface area contributed by atoms with Crippen LogP contribution >= 0.6 is 11.3 Å². The molecule has 0 amide bonds. The number of nitrogens with zero attached hydrogens (tertiary/aromatic N) is 3. The van der Waals surface area contributed by atoms with E-state index in [0.717, 1.165) is 17.9 Å². The van der Waals surface area contributed by atoms with E-state index >= 15 is 0 Å².